The number of urea groups is 1. The molecule has 0 spiro atoms. The van der Waals surface area contributed by atoms with Crippen LogP contribution in [0.1, 0.15) is 77.7 Å². The van der Waals surface area contributed by atoms with Gasteiger partial charge in [-0.2, -0.15) is 11.8 Å². The van der Waals surface area contributed by atoms with Crippen LogP contribution in [0.2, 0.25) is 0 Å². The summed E-state index contributed by atoms with van der Waals surface area (Å²) in [5.74, 6) is -5.41. The number of unbranched alkanes of at least 4 members (excludes halogenated alkanes) is 2. The van der Waals surface area contributed by atoms with E-state index in [4.69, 9.17) is 10.9 Å². The zero-order valence-electron chi connectivity index (χ0n) is 35.8. The maximum absolute atomic E-state index is 13.6. The largest absolute Gasteiger partial charge is 0.368 e. The smallest absolute Gasteiger partial charge is 0.315 e. The second-order valence-electron chi connectivity index (χ2n) is 16.2. The highest BCUT2D eigenvalue weighted by Crippen LogP contribution is 2.33. The van der Waals surface area contributed by atoms with Crippen molar-refractivity contribution in [2.45, 2.75) is 114 Å². The minimum atomic E-state index is -1.18. The third-order valence-electron chi connectivity index (χ3n) is 11.0. The van der Waals surface area contributed by atoms with Crippen molar-refractivity contribution >= 4 is 76.0 Å². The van der Waals surface area contributed by atoms with E-state index in [1.165, 1.54) is 12.4 Å². The molecule has 1 aromatic carbocycles. The Morgan fingerprint density at radius 1 is 0.810 bits per heavy atom. The number of nitrogens with one attached hydrogen (secondary N) is 10. The van der Waals surface area contributed by atoms with Crippen molar-refractivity contribution in [2.75, 3.05) is 25.4 Å². The van der Waals surface area contributed by atoms with Gasteiger partial charge in [-0.15, -0.1) is 0 Å². The molecule has 3 heterocycles. The van der Waals surface area contributed by atoms with Crippen LogP contribution < -0.4 is 53.7 Å². The predicted octanol–water partition coefficient (Wildman–Crippen LogP) is -0.918. The number of aromatic amines is 1. The highest BCUT2D eigenvalue weighted by Gasteiger charge is 2.42. The molecule has 0 radical (unpaired) electrons. The zero-order valence-corrected chi connectivity index (χ0v) is 36.6. The van der Waals surface area contributed by atoms with Gasteiger partial charge in [-0.3, -0.25) is 43.6 Å². The number of nitrogens with two attached hydrogens (primary N) is 1. The number of carbonyl (C=O) groups is 9. The lowest BCUT2D eigenvalue weighted by Crippen LogP contribution is -2.55. The maximum atomic E-state index is 13.6. The number of thioether (sulfide) groups is 1. The first kappa shape index (κ1) is 49.8. The van der Waals surface area contributed by atoms with Gasteiger partial charge in [-0.05, 0) is 56.6 Å². The molecule has 13 N–H and O–H groups in total. The average molecular weight is 900 g/mol. The molecule has 22 heteroatoms. The standard InChI is InChI=1S/C41H61N11O10S/c1-22(2)26(17-33(54)52-62)39(59)49-29(16-24-18-44-27-11-5-4-10-25(24)27)40(60)47-23(3)38(58)46-19-34(55)45-20-35(56)48-28(37(42)57)12-8-9-15-43-32(53)14-7-6-13-31-36-30(21-63-31)50-41(61)51-36/h4-5,10-11,18,22-23,26,28-31,36,44,62H,6-9,12-17,19-21H2,1-3H3,(H2,42,57)(H,43,53)(H,45,55)(H,46,58)(H,47,60)(H,48,56)(H,49,59)(H,52,54)(H2,50,51,61)/t23-,26?,28-,29-,30-,31-,36-/m0/s1. The number of hydroxylamine groups is 1. The molecule has 2 aliphatic heterocycles. The molecule has 346 valence electrons. The van der Waals surface area contributed by atoms with Gasteiger partial charge in [-0.1, -0.05) is 38.5 Å². The van der Waals surface area contributed by atoms with Crippen LogP contribution in [0.4, 0.5) is 4.79 Å². The molecule has 63 heavy (non-hydrogen) atoms. The van der Waals surface area contributed by atoms with E-state index in [0.717, 1.165) is 35.9 Å². The van der Waals surface area contributed by atoms with Crippen LogP contribution in [-0.2, 0) is 44.8 Å². The summed E-state index contributed by atoms with van der Waals surface area (Å²) in [6.45, 7) is 4.14. The molecule has 7 atom stereocenters. The Balaban J connectivity index is 1.14. The zero-order chi connectivity index (χ0) is 46.1. The lowest BCUT2D eigenvalue weighted by molar-refractivity contribution is -0.137. The van der Waals surface area contributed by atoms with Crippen molar-refractivity contribution < 1.29 is 48.4 Å². The number of hydrogen-bond donors (Lipinski definition) is 12. The molecule has 2 aromatic rings. The Kier molecular flexibility index (Phi) is 19.5. The molecule has 0 saturated carbocycles. The number of primary amides is 1. The van der Waals surface area contributed by atoms with Crippen molar-refractivity contribution in [3.05, 3.63) is 36.0 Å². The summed E-state index contributed by atoms with van der Waals surface area (Å²) >= 11 is 1.84. The normalized spacial score (nSPS) is 18.4. The number of para-hydroxylation sites is 1. The molecule has 1 aromatic heterocycles. The fraction of sp³-hybridized carbons (Fsp3) is 0.585. The molecule has 4 rings (SSSR count). The minimum absolute atomic E-state index is 0.0248. The lowest BCUT2D eigenvalue weighted by atomic mass is 9.90. The van der Waals surface area contributed by atoms with Crippen molar-refractivity contribution in [1.82, 2.24) is 53.0 Å². The topological polar surface area (TPSA) is 324 Å². The minimum Gasteiger partial charge on any atom is -0.368 e. The van der Waals surface area contributed by atoms with Crippen LogP contribution in [-0.4, -0.2) is 124 Å². The Morgan fingerprint density at radius 2 is 1.56 bits per heavy atom. The average Bonchev–Trinajstić information content (AvgIpc) is 3.95. The fourth-order valence-electron chi connectivity index (χ4n) is 7.42. The van der Waals surface area contributed by atoms with Gasteiger partial charge in [0.1, 0.15) is 18.1 Å². The van der Waals surface area contributed by atoms with Crippen LogP contribution in [0.15, 0.2) is 30.5 Å². The molecule has 2 saturated heterocycles. The molecular weight excluding hydrogens is 839 g/mol. The predicted molar refractivity (Wildman–Crippen MR) is 232 cm³/mol. The van der Waals surface area contributed by atoms with Crippen LogP contribution >= 0.6 is 11.8 Å². The van der Waals surface area contributed by atoms with Crippen molar-refractivity contribution in [1.29, 1.82) is 0 Å². The summed E-state index contributed by atoms with van der Waals surface area (Å²) < 4.78 is 0. The van der Waals surface area contributed by atoms with Gasteiger partial charge < -0.3 is 53.3 Å². The van der Waals surface area contributed by atoms with E-state index in [0.29, 0.717) is 36.6 Å². The van der Waals surface area contributed by atoms with E-state index in [-0.39, 0.29) is 49.2 Å². The first-order valence-electron chi connectivity index (χ1n) is 21.2. The third-order valence-corrected chi connectivity index (χ3v) is 12.5. The number of hydrogen-bond acceptors (Lipinski definition) is 11. The van der Waals surface area contributed by atoms with Gasteiger partial charge in [-0.25, -0.2) is 10.3 Å². The van der Waals surface area contributed by atoms with Gasteiger partial charge in [0.25, 0.3) is 0 Å². The second-order valence-corrected chi connectivity index (χ2v) is 17.4. The SMILES string of the molecule is CC(C)C(CC(=O)NO)C(=O)N[C@@H](Cc1c[nH]c2ccccc12)C(=O)N[C@@H](C)C(=O)NCC(=O)NCC(=O)N[C@@H](CCCCNC(=O)CCCC[C@@H]1SC[C@@H]2NC(=O)N[C@@H]21)C(N)=O. The van der Waals surface area contributed by atoms with Crippen molar-refractivity contribution in [2.24, 2.45) is 17.6 Å². The van der Waals surface area contributed by atoms with Crippen LogP contribution in [0, 0.1) is 11.8 Å². The number of aromatic nitrogens is 1. The highest BCUT2D eigenvalue weighted by atomic mass is 32.2. The van der Waals surface area contributed by atoms with E-state index >= 15 is 0 Å². The molecule has 0 bridgehead atoms. The molecule has 2 aliphatic rings. The second kappa shape index (κ2) is 24.7. The van der Waals surface area contributed by atoms with Gasteiger partial charge in [0.05, 0.1) is 25.2 Å². The lowest BCUT2D eigenvalue weighted by Gasteiger charge is -2.25. The third kappa shape index (κ3) is 15.8. The van der Waals surface area contributed by atoms with Crippen LogP contribution in [0.25, 0.3) is 10.9 Å². The molecular formula is C41H61N11O10S. The van der Waals surface area contributed by atoms with E-state index < -0.39 is 78.5 Å². The Hall–Kier alpha value is -5.90. The number of amides is 10. The van der Waals surface area contributed by atoms with E-state index in [2.05, 4.69) is 47.5 Å². The van der Waals surface area contributed by atoms with Crippen molar-refractivity contribution in [3.63, 3.8) is 0 Å². The summed E-state index contributed by atoms with van der Waals surface area (Å²) in [5, 5.41) is 31.4. The maximum Gasteiger partial charge on any atom is 0.315 e. The van der Waals surface area contributed by atoms with Gasteiger partial charge >= 0.3 is 6.03 Å². The Labute approximate surface area is 369 Å². The summed E-state index contributed by atoms with van der Waals surface area (Å²) in [6, 6.07) is 4.18. The molecule has 2 fully saturated rings. The number of H-pyrrole nitrogens is 1. The number of benzene rings is 1. The van der Waals surface area contributed by atoms with Gasteiger partial charge in [0.2, 0.25) is 47.3 Å². The Bertz CT molecular complexity index is 1960. The summed E-state index contributed by atoms with van der Waals surface area (Å²) in [7, 11) is 0. The summed E-state index contributed by atoms with van der Waals surface area (Å²) in [6.07, 6.45) is 5.52. The Morgan fingerprint density at radius 3 is 2.29 bits per heavy atom. The van der Waals surface area contributed by atoms with E-state index in [9.17, 15) is 43.2 Å². The number of carbonyl (C=O) groups excluding carboxylic acids is 9. The van der Waals surface area contributed by atoms with E-state index in [1.807, 2.05) is 36.0 Å². The number of fused-ring (bicyclic) bond motifs is 2. The van der Waals surface area contributed by atoms with Gasteiger partial charge in [0, 0.05) is 59.8 Å². The highest BCUT2D eigenvalue weighted by molar-refractivity contribution is 8.00. The summed E-state index contributed by atoms with van der Waals surface area (Å²) in [5.41, 5.74) is 8.51. The molecule has 10 amide bonds. The first-order chi connectivity index (χ1) is 30.1. The van der Waals surface area contributed by atoms with Gasteiger partial charge in [0.15, 0.2) is 0 Å². The quantitative estimate of drug-likeness (QED) is 0.0237. The molecule has 1 unspecified atom stereocenters. The summed E-state index contributed by atoms with van der Waals surface area (Å²) in [4.78, 5) is 116. The van der Waals surface area contributed by atoms with Crippen LogP contribution in [0.3, 0.4) is 0 Å². The molecule has 0 aliphatic carbocycles. The molecule has 21 nitrogen and oxygen atoms in total. The fourth-order valence-corrected chi connectivity index (χ4v) is 8.96. The monoisotopic (exact) mass is 899 g/mol. The van der Waals surface area contributed by atoms with Crippen molar-refractivity contribution in [3.8, 4) is 0 Å². The first-order valence-corrected chi connectivity index (χ1v) is 22.3. The van der Waals surface area contributed by atoms with E-state index in [1.54, 1.807) is 20.0 Å². The number of rotatable bonds is 26. The van der Waals surface area contributed by atoms with Crippen LogP contribution in [0.5, 0.6) is 0 Å².